The highest BCUT2D eigenvalue weighted by molar-refractivity contribution is 6.74. The molecule has 6 heteroatoms. The van der Waals surface area contributed by atoms with Gasteiger partial charge in [-0.25, -0.2) is 0 Å². The average Bonchev–Trinajstić information content (AvgIpc) is 2.12. The quantitative estimate of drug-likeness (QED) is 0.599. The third-order valence-electron chi connectivity index (χ3n) is 4.25. The molecule has 2 N–H and O–H groups in total. The number of amides is 1. The number of carbonyl (C=O) groups excluding carboxylic acids is 1. The molecule has 1 heterocycles. The van der Waals surface area contributed by atoms with Gasteiger partial charge in [-0.2, -0.15) is 0 Å². The molecule has 1 aliphatic rings. The largest absolute Gasteiger partial charge is 0.481 e. The number of carbonyl (C=O) groups is 2. The molecule has 0 radical (unpaired) electrons. The summed E-state index contributed by atoms with van der Waals surface area (Å²) in [5.74, 6) is -1.34. The Morgan fingerprint density at radius 3 is 2.37 bits per heavy atom. The minimum Gasteiger partial charge on any atom is -0.481 e. The van der Waals surface area contributed by atoms with E-state index in [1.165, 1.54) is 0 Å². The van der Waals surface area contributed by atoms with Crippen molar-refractivity contribution in [2.75, 3.05) is 0 Å². The Morgan fingerprint density at radius 2 is 2.00 bits per heavy atom. The summed E-state index contributed by atoms with van der Waals surface area (Å²) in [4.78, 5) is 22.4. The normalized spacial score (nSPS) is 25.5. The van der Waals surface area contributed by atoms with Crippen LogP contribution in [0.25, 0.3) is 0 Å². The van der Waals surface area contributed by atoms with Crippen molar-refractivity contribution >= 4 is 20.2 Å². The Bertz CT molecular complexity index is 375. The maximum absolute atomic E-state index is 11.6. The van der Waals surface area contributed by atoms with Gasteiger partial charge in [-0.05, 0) is 25.1 Å². The van der Waals surface area contributed by atoms with Crippen LogP contribution in [0.3, 0.4) is 0 Å². The zero-order valence-corrected chi connectivity index (χ0v) is 13.6. The van der Waals surface area contributed by atoms with Gasteiger partial charge in [0.05, 0.1) is 24.5 Å². The summed E-state index contributed by atoms with van der Waals surface area (Å²) < 4.78 is 6.17. The van der Waals surface area contributed by atoms with Crippen LogP contribution in [-0.2, 0) is 14.0 Å². The lowest BCUT2D eigenvalue weighted by molar-refractivity contribution is -0.145. The Kier molecular flexibility index (Phi) is 4.46. The molecule has 0 spiro atoms. The van der Waals surface area contributed by atoms with E-state index in [0.717, 1.165) is 0 Å². The molecule has 19 heavy (non-hydrogen) atoms. The molecule has 0 aromatic carbocycles. The lowest BCUT2D eigenvalue weighted by atomic mass is 9.84. The highest BCUT2D eigenvalue weighted by atomic mass is 28.4. The van der Waals surface area contributed by atoms with Crippen molar-refractivity contribution in [2.45, 2.75) is 64.4 Å². The van der Waals surface area contributed by atoms with Crippen LogP contribution in [0.4, 0.5) is 0 Å². The molecule has 1 fully saturated rings. The monoisotopic (exact) mass is 287 g/mol. The van der Waals surface area contributed by atoms with E-state index < -0.39 is 14.3 Å². The van der Waals surface area contributed by atoms with E-state index in [1.807, 2.05) is 6.92 Å². The van der Waals surface area contributed by atoms with Gasteiger partial charge in [-0.15, -0.1) is 0 Å². The van der Waals surface area contributed by atoms with E-state index in [2.05, 4.69) is 39.2 Å². The van der Waals surface area contributed by atoms with Crippen LogP contribution in [0.5, 0.6) is 0 Å². The van der Waals surface area contributed by atoms with Crippen molar-refractivity contribution in [2.24, 2.45) is 5.92 Å². The summed E-state index contributed by atoms with van der Waals surface area (Å²) >= 11 is 0. The second kappa shape index (κ2) is 5.24. The molecule has 3 atom stereocenters. The first-order valence-electron chi connectivity index (χ1n) is 6.65. The SMILES string of the molecule is C[C@@H](O[Si](C)(C)C(C)(C)C)[C@@H]1C(=O)NC1CC(=O)O. The second-order valence-electron chi connectivity index (χ2n) is 6.82. The van der Waals surface area contributed by atoms with Gasteiger partial charge in [0.1, 0.15) is 0 Å². The van der Waals surface area contributed by atoms with E-state index in [0.29, 0.717) is 0 Å². The van der Waals surface area contributed by atoms with Crippen molar-refractivity contribution in [1.29, 1.82) is 0 Å². The molecule has 0 bridgehead atoms. The molecule has 0 saturated carbocycles. The van der Waals surface area contributed by atoms with Crippen LogP contribution >= 0.6 is 0 Å². The third kappa shape index (κ3) is 3.57. The van der Waals surface area contributed by atoms with Crippen molar-refractivity contribution in [3.63, 3.8) is 0 Å². The standard InChI is InChI=1S/C13H25NO4Si/c1-8(18-19(5,6)13(2,3)4)11-9(7-10(15)16)14-12(11)17/h8-9,11H,7H2,1-6H3,(H,14,17)(H,15,16)/t8-,9?,11+/m1/s1. The molecule has 0 aromatic heterocycles. The minimum atomic E-state index is -1.94. The maximum Gasteiger partial charge on any atom is 0.305 e. The summed E-state index contributed by atoms with van der Waals surface area (Å²) in [6, 6.07) is -0.301. The number of hydrogen-bond acceptors (Lipinski definition) is 3. The van der Waals surface area contributed by atoms with Gasteiger partial charge in [-0.1, -0.05) is 20.8 Å². The Labute approximate surface area is 115 Å². The summed E-state index contributed by atoms with van der Waals surface area (Å²) in [6.45, 7) is 12.6. The van der Waals surface area contributed by atoms with Gasteiger partial charge in [0.15, 0.2) is 8.32 Å². The van der Waals surface area contributed by atoms with Crippen molar-refractivity contribution in [1.82, 2.24) is 5.32 Å². The summed E-state index contributed by atoms with van der Waals surface area (Å²) in [7, 11) is -1.94. The summed E-state index contributed by atoms with van der Waals surface area (Å²) in [6.07, 6.45) is -0.277. The second-order valence-corrected chi connectivity index (χ2v) is 11.6. The van der Waals surface area contributed by atoms with E-state index in [1.54, 1.807) is 0 Å². The third-order valence-corrected chi connectivity index (χ3v) is 8.82. The fourth-order valence-corrected chi connectivity index (χ4v) is 3.51. The van der Waals surface area contributed by atoms with E-state index in [9.17, 15) is 9.59 Å². The zero-order valence-electron chi connectivity index (χ0n) is 12.6. The fourth-order valence-electron chi connectivity index (χ4n) is 2.08. The fraction of sp³-hybridized carbons (Fsp3) is 0.846. The van der Waals surface area contributed by atoms with Crippen LogP contribution < -0.4 is 5.32 Å². The van der Waals surface area contributed by atoms with Gasteiger partial charge in [0.2, 0.25) is 5.91 Å². The highest BCUT2D eigenvalue weighted by Gasteiger charge is 2.47. The van der Waals surface area contributed by atoms with Crippen molar-refractivity contribution in [3.8, 4) is 0 Å². The number of β-lactam (4-membered cyclic amide) rings is 1. The molecule has 1 unspecified atom stereocenters. The first-order valence-corrected chi connectivity index (χ1v) is 9.56. The zero-order chi connectivity index (χ0) is 15.0. The first-order chi connectivity index (χ1) is 8.45. The molecular weight excluding hydrogens is 262 g/mol. The number of hydrogen-bond donors (Lipinski definition) is 2. The lowest BCUT2D eigenvalue weighted by Crippen LogP contribution is -2.64. The number of carboxylic acid groups (broad SMARTS) is 1. The summed E-state index contributed by atoms with van der Waals surface area (Å²) in [5, 5.41) is 11.5. The van der Waals surface area contributed by atoms with Crippen molar-refractivity contribution in [3.05, 3.63) is 0 Å². The molecule has 110 valence electrons. The van der Waals surface area contributed by atoms with Crippen molar-refractivity contribution < 1.29 is 19.1 Å². The smallest absolute Gasteiger partial charge is 0.305 e. The molecule has 1 amide bonds. The molecule has 1 saturated heterocycles. The van der Waals surface area contributed by atoms with E-state index in [4.69, 9.17) is 9.53 Å². The van der Waals surface area contributed by atoms with Crippen LogP contribution in [-0.4, -0.2) is 37.4 Å². The minimum absolute atomic E-state index is 0.0401. The molecule has 0 aromatic rings. The topological polar surface area (TPSA) is 75.6 Å². The van der Waals surface area contributed by atoms with E-state index in [-0.39, 0.29) is 35.4 Å². The molecule has 0 aliphatic carbocycles. The Morgan fingerprint density at radius 1 is 1.47 bits per heavy atom. The molecule has 5 nitrogen and oxygen atoms in total. The van der Waals surface area contributed by atoms with Gasteiger partial charge in [-0.3, -0.25) is 9.59 Å². The number of nitrogens with one attached hydrogen (secondary N) is 1. The first kappa shape index (κ1) is 16.2. The molecular formula is C13H25NO4Si. The number of aliphatic carboxylic acids is 1. The molecule has 1 aliphatic heterocycles. The van der Waals surface area contributed by atoms with Gasteiger partial charge < -0.3 is 14.8 Å². The van der Waals surface area contributed by atoms with Gasteiger partial charge in [0, 0.05) is 0 Å². The maximum atomic E-state index is 11.6. The van der Waals surface area contributed by atoms with Crippen LogP contribution in [0.2, 0.25) is 18.1 Å². The number of rotatable bonds is 5. The molecule has 1 rings (SSSR count). The van der Waals surface area contributed by atoms with E-state index >= 15 is 0 Å². The Balaban J connectivity index is 2.69. The highest BCUT2D eigenvalue weighted by Crippen LogP contribution is 2.39. The Hall–Kier alpha value is -0.883. The number of carboxylic acids is 1. The predicted molar refractivity (Wildman–Crippen MR) is 75.4 cm³/mol. The predicted octanol–water partition coefficient (Wildman–Crippen LogP) is 1.99. The van der Waals surface area contributed by atoms with Crippen LogP contribution in [0, 0.1) is 5.92 Å². The van der Waals surface area contributed by atoms with Crippen LogP contribution in [0.1, 0.15) is 34.1 Å². The van der Waals surface area contributed by atoms with Gasteiger partial charge >= 0.3 is 5.97 Å². The lowest BCUT2D eigenvalue weighted by Gasteiger charge is -2.45. The average molecular weight is 287 g/mol. The van der Waals surface area contributed by atoms with Crippen LogP contribution in [0.15, 0.2) is 0 Å². The van der Waals surface area contributed by atoms with Gasteiger partial charge in [0.25, 0.3) is 0 Å². The summed E-state index contributed by atoms with van der Waals surface area (Å²) in [5.41, 5.74) is 0.